The lowest BCUT2D eigenvalue weighted by atomic mass is 10.3. The maximum absolute atomic E-state index is 12.8. The predicted octanol–water partition coefficient (Wildman–Crippen LogP) is -1.44. The van der Waals surface area contributed by atoms with Gasteiger partial charge in [-0.25, -0.2) is 13.2 Å². The molecule has 0 fully saturated rings. The standard InChI is InChI=1S/C18H22N6O7S/c25-12-22-16(29-11-10-21-18-19-8-9-20-18)15(17(26)30-14-6-7-23-31-14)24-32(27,28)13-4-2-1-3-5-13/h1-7,12,15-16,24H,8-11H2,(H,22,25)(H2,19,20,21). The number of guanidine groups is 1. The molecule has 172 valence electrons. The topological polar surface area (TPSA) is 173 Å². The number of ether oxygens (including phenoxy) is 2. The Morgan fingerprint density at radius 3 is 2.75 bits per heavy atom. The smallest absolute Gasteiger partial charge is 0.336 e. The van der Waals surface area contributed by atoms with Crippen molar-refractivity contribution in [2.75, 3.05) is 26.2 Å². The van der Waals surface area contributed by atoms with Crippen LogP contribution >= 0.6 is 0 Å². The van der Waals surface area contributed by atoms with Gasteiger partial charge in [-0.05, 0) is 12.1 Å². The molecule has 0 spiro atoms. The van der Waals surface area contributed by atoms with Crippen molar-refractivity contribution in [2.45, 2.75) is 17.2 Å². The van der Waals surface area contributed by atoms with Crippen LogP contribution < -0.4 is 25.4 Å². The molecule has 3 rings (SSSR count). The average Bonchev–Trinajstić information content (AvgIpc) is 3.49. The van der Waals surface area contributed by atoms with Gasteiger partial charge >= 0.3 is 11.9 Å². The van der Waals surface area contributed by atoms with Crippen LogP contribution in [0.2, 0.25) is 0 Å². The number of sulfonamides is 1. The number of nitrogens with one attached hydrogen (secondary N) is 4. The monoisotopic (exact) mass is 466 g/mol. The average molecular weight is 466 g/mol. The summed E-state index contributed by atoms with van der Waals surface area (Å²) in [5, 5.41) is 11.7. The zero-order chi connectivity index (χ0) is 22.8. The molecule has 0 bridgehead atoms. The zero-order valence-corrected chi connectivity index (χ0v) is 17.6. The van der Waals surface area contributed by atoms with Gasteiger partial charge in [0.25, 0.3) is 0 Å². The number of esters is 1. The molecule has 1 aromatic heterocycles. The van der Waals surface area contributed by atoms with Gasteiger partial charge in [0.05, 0.1) is 24.2 Å². The van der Waals surface area contributed by atoms with E-state index in [-0.39, 0.29) is 30.4 Å². The minimum Gasteiger partial charge on any atom is -0.390 e. The van der Waals surface area contributed by atoms with Gasteiger partial charge in [0, 0.05) is 19.2 Å². The van der Waals surface area contributed by atoms with Crippen molar-refractivity contribution >= 4 is 28.4 Å². The van der Waals surface area contributed by atoms with E-state index in [0.29, 0.717) is 12.5 Å². The number of hydrogen-bond donors (Lipinski definition) is 4. The van der Waals surface area contributed by atoms with E-state index in [0.717, 1.165) is 6.54 Å². The number of amides is 1. The molecule has 1 aromatic carbocycles. The molecule has 2 atom stereocenters. The maximum atomic E-state index is 12.8. The van der Waals surface area contributed by atoms with Crippen molar-refractivity contribution in [3.63, 3.8) is 0 Å². The largest absolute Gasteiger partial charge is 0.390 e. The maximum Gasteiger partial charge on any atom is 0.336 e. The highest BCUT2D eigenvalue weighted by atomic mass is 32.2. The molecule has 1 aliphatic heterocycles. The van der Waals surface area contributed by atoms with E-state index in [1.54, 1.807) is 6.07 Å². The Labute approximate surface area is 183 Å². The fraction of sp³-hybridized carbons (Fsp3) is 0.333. The summed E-state index contributed by atoms with van der Waals surface area (Å²) in [5.74, 6) is -0.731. The molecule has 0 saturated heterocycles. The summed E-state index contributed by atoms with van der Waals surface area (Å²) in [6.07, 6.45) is 0.142. The summed E-state index contributed by atoms with van der Waals surface area (Å²) in [4.78, 5) is 28.0. The molecule has 2 aromatic rings. The van der Waals surface area contributed by atoms with Crippen LogP contribution in [0.15, 0.2) is 57.0 Å². The lowest BCUT2D eigenvalue weighted by Crippen LogP contribution is -2.56. The summed E-state index contributed by atoms with van der Waals surface area (Å²) in [5.41, 5.74) is 0. The van der Waals surface area contributed by atoms with Crippen LogP contribution in [0.4, 0.5) is 0 Å². The third-order valence-corrected chi connectivity index (χ3v) is 5.56. The first-order valence-electron chi connectivity index (χ1n) is 9.53. The van der Waals surface area contributed by atoms with Crippen LogP contribution in [0, 0.1) is 0 Å². The third-order valence-electron chi connectivity index (χ3n) is 4.11. The quantitative estimate of drug-likeness (QED) is 0.126. The molecular weight excluding hydrogens is 444 g/mol. The Morgan fingerprint density at radius 2 is 2.09 bits per heavy atom. The lowest BCUT2D eigenvalue weighted by Gasteiger charge is -2.25. The molecule has 1 amide bonds. The van der Waals surface area contributed by atoms with E-state index in [9.17, 15) is 18.0 Å². The van der Waals surface area contributed by atoms with E-state index in [4.69, 9.17) is 14.0 Å². The second kappa shape index (κ2) is 11.2. The normalized spacial score (nSPS) is 15.2. The summed E-state index contributed by atoms with van der Waals surface area (Å²) in [6, 6.07) is 7.03. The molecule has 2 unspecified atom stereocenters. The highest BCUT2D eigenvalue weighted by Gasteiger charge is 2.36. The second-order valence-corrected chi connectivity index (χ2v) is 8.04. The van der Waals surface area contributed by atoms with Crippen LogP contribution in [0.25, 0.3) is 0 Å². The van der Waals surface area contributed by atoms with Crippen LogP contribution in [0.5, 0.6) is 5.95 Å². The minimum atomic E-state index is -4.17. The summed E-state index contributed by atoms with van der Waals surface area (Å²) < 4.78 is 43.2. The van der Waals surface area contributed by atoms with E-state index < -0.39 is 28.3 Å². The Balaban J connectivity index is 1.74. The summed E-state index contributed by atoms with van der Waals surface area (Å²) >= 11 is 0. The van der Waals surface area contributed by atoms with Crippen LogP contribution in [0.1, 0.15) is 0 Å². The highest BCUT2D eigenvalue weighted by Crippen LogP contribution is 2.13. The molecular formula is C18H22N6O7S. The van der Waals surface area contributed by atoms with E-state index in [1.807, 2.05) is 0 Å². The van der Waals surface area contributed by atoms with Crippen molar-refractivity contribution in [2.24, 2.45) is 4.99 Å². The van der Waals surface area contributed by atoms with Gasteiger partial charge in [-0.3, -0.25) is 9.79 Å². The molecule has 13 nitrogen and oxygen atoms in total. The molecule has 14 heteroatoms. The van der Waals surface area contributed by atoms with Gasteiger partial charge in [0.15, 0.2) is 18.2 Å². The highest BCUT2D eigenvalue weighted by molar-refractivity contribution is 7.89. The van der Waals surface area contributed by atoms with Crippen LogP contribution in [-0.4, -0.2) is 70.4 Å². The molecule has 4 N–H and O–H groups in total. The summed E-state index contributed by atoms with van der Waals surface area (Å²) in [7, 11) is -4.17. The van der Waals surface area contributed by atoms with Gasteiger partial charge in [-0.1, -0.05) is 23.4 Å². The SMILES string of the molecule is O=CNC(OCCNC1=NCCN1)C(NS(=O)(=O)c1ccccc1)C(=O)Oc1ccno1. The van der Waals surface area contributed by atoms with Gasteiger partial charge in [0.1, 0.15) is 0 Å². The van der Waals surface area contributed by atoms with Gasteiger partial charge in [0.2, 0.25) is 16.4 Å². The first-order chi connectivity index (χ1) is 15.5. The fourth-order valence-corrected chi connectivity index (χ4v) is 3.87. The van der Waals surface area contributed by atoms with E-state index in [1.165, 1.54) is 36.5 Å². The first-order valence-corrected chi connectivity index (χ1v) is 11.0. The van der Waals surface area contributed by atoms with E-state index >= 15 is 0 Å². The molecule has 0 aliphatic carbocycles. The Bertz CT molecular complexity index is 1010. The van der Waals surface area contributed by atoms with Crippen molar-refractivity contribution in [3.05, 3.63) is 42.6 Å². The van der Waals surface area contributed by atoms with E-state index in [2.05, 4.69) is 30.8 Å². The number of carbonyl (C=O) groups is 2. The molecule has 1 aliphatic rings. The first kappa shape index (κ1) is 23.2. The lowest BCUT2D eigenvalue weighted by molar-refractivity contribution is -0.143. The van der Waals surface area contributed by atoms with Gasteiger partial charge < -0.3 is 29.9 Å². The number of rotatable bonds is 12. The molecule has 32 heavy (non-hydrogen) atoms. The number of nitrogens with zero attached hydrogens (tertiary/aromatic N) is 2. The minimum absolute atomic E-state index is 0.00532. The van der Waals surface area contributed by atoms with Crippen molar-refractivity contribution < 1.29 is 32.0 Å². The zero-order valence-electron chi connectivity index (χ0n) is 16.8. The van der Waals surface area contributed by atoms with Gasteiger partial charge in [-0.2, -0.15) is 4.72 Å². The predicted molar refractivity (Wildman–Crippen MR) is 110 cm³/mol. The fourth-order valence-electron chi connectivity index (χ4n) is 2.67. The Hall–Kier alpha value is -3.49. The van der Waals surface area contributed by atoms with Gasteiger partial charge in [-0.15, -0.1) is 0 Å². The molecule has 0 radical (unpaired) electrons. The van der Waals surface area contributed by atoms with Crippen LogP contribution in [0.3, 0.4) is 0 Å². The molecule has 0 saturated carbocycles. The number of carbonyl (C=O) groups excluding carboxylic acids is 2. The van der Waals surface area contributed by atoms with Crippen molar-refractivity contribution in [3.8, 4) is 5.95 Å². The number of hydrogen-bond acceptors (Lipinski definition) is 11. The Kier molecular flexibility index (Phi) is 8.13. The van der Waals surface area contributed by atoms with Crippen molar-refractivity contribution in [1.82, 2.24) is 25.8 Å². The molecule has 2 heterocycles. The number of benzene rings is 1. The third kappa shape index (κ3) is 6.50. The number of aromatic nitrogens is 1. The Morgan fingerprint density at radius 1 is 1.28 bits per heavy atom. The second-order valence-electron chi connectivity index (χ2n) is 6.32. The van der Waals surface area contributed by atoms with Crippen molar-refractivity contribution in [1.29, 1.82) is 0 Å². The van der Waals surface area contributed by atoms with Crippen LogP contribution in [-0.2, 0) is 24.3 Å². The summed E-state index contributed by atoms with van der Waals surface area (Å²) in [6.45, 7) is 1.65. The number of aliphatic imine (C=N–C) groups is 1.